The van der Waals surface area contributed by atoms with Gasteiger partial charge in [-0.05, 0) is 64.8 Å². The van der Waals surface area contributed by atoms with E-state index in [4.69, 9.17) is 4.42 Å². The van der Waals surface area contributed by atoms with Crippen molar-refractivity contribution in [3.8, 4) is 0 Å². The number of halogens is 3. The summed E-state index contributed by atoms with van der Waals surface area (Å²) in [7, 11) is 0. The van der Waals surface area contributed by atoms with Crippen molar-refractivity contribution >= 4 is 15.9 Å². The van der Waals surface area contributed by atoms with Crippen LogP contribution >= 0.6 is 15.9 Å². The van der Waals surface area contributed by atoms with Crippen LogP contribution in [0.25, 0.3) is 0 Å². The van der Waals surface area contributed by atoms with E-state index < -0.39 is 11.6 Å². The van der Waals surface area contributed by atoms with E-state index in [9.17, 15) is 8.78 Å². The highest BCUT2D eigenvalue weighted by molar-refractivity contribution is 9.10. The first kappa shape index (κ1) is 14.2. The molecule has 1 aromatic carbocycles. The van der Waals surface area contributed by atoms with Crippen LogP contribution in [0.5, 0.6) is 0 Å². The fourth-order valence-corrected chi connectivity index (χ4v) is 2.27. The maximum absolute atomic E-state index is 13.7. The van der Waals surface area contributed by atoms with Crippen molar-refractivity contribution in [2.45, 2.75) is 19.4 Å². The minimum Gasteiger partial charge on any atom is -0.453 e. The van der Waals surface area contributed by atoms with Crippen LogP contribution in [-0.2, 0) is 6.42 Å². The van der Waals surface area contributed by atoms with Gasteiger partial charge >= 0.3 is 0 Å². The highest BCUT2D eigenvalue weighted by Crippen LogP contribution is 2.24. The molecule has 2 rings (SSSR count). The molecule has 1 N–H and O–H groups in total. The predicted molar refractivity (Wildman–Crippen MR) is 72.9 cm³/mol. The molecule has 2 aromatic rings. The third-order valence-corrected chi connectivity index (χ3v) is 3.25. The monoisotopic (exact) mass is 329 g/mol. The largest absolute Gasteiger partial charge is 0.453 e. The Labute approximate surface area is 118 Å². The molecule has 0 amide bonds. The fourth-order valence-electron chi connectivity index (χ4n) is 1.95. The summed E-state index contributed by atoms with van der Waals surface area (Å²) in [6.45, 7) is 2.66. The first-order valence-corrected chi connectivity index (χ1v) is 6.82. The molecule has 0 radical (unpaired) electrons. The molecule has 0 saturated carbocycles. The van der Waals surface area contributed by atoms with Crippen LogP contribution in [0.2, 0.25) is 0 Å². The molecule has 1 unspecified atom stereocenters. The smallest absolute Gasteiger partial charge is 0.169 e. The first-order valence-electron chi connectivity index (χ1n) is 6.02. The number of likely N-dealkylation sites (N-methyl/N-ethyl adjacent to an activating group) is 1. The van der Waals surface area contributed by atoms with E-state index in [-0.39, 0.29) is 6.04 Å². The molecule has 1 aromatic heterocycles. The lowest BCUT2D eigenvalue weighted by Gasteiger charge is -2.16. The number of nitrogens with one attached hydrogen (secondary N) is 1. The van der Waals surface area contributed by atoms with Gasteiger partial charge in [0.2, 0.25) is 0 Å². The molecule has 19 heavy (non-hydrogen) atoms. The van der Waals surface area contributed by atoms with E-state index >= 15 is 0 Å². The summed E-state index contributed by atoms with van der Waals surface area (Å²) in [5, 5.41) is 3.20. The van der Waals surface area contributed by atoms with Crippen molar-refractivity contribution in [1.29, 1.82) is 0 Å². The Morgan fingerprint density at radius 1 is 1.26 bits per heavy atom. The van der Waals surface area contributed by atoms with Crippen LogP contribution in [0.15, 0.2) is 39.4 Å². The number of benzene rings is 1. The van der Waals surface area contributed by atoms with Crippen molar-refractivity contribution in [3.63, 3.8) is 0 Å². The summed E-state index contributed by atoms with van der Waals surface area (Å²) in [5.74, 6) is -0.153. The average Bonchev–Trinajstić information content (AvgIpc) is 2.80. The van der Waals surface area contributed by atoms with Gasteiger partial charge in [-0.15, -0.1) is 0 Å². The summed E-state index contributed by atoms with van der Waals surface area (Å²) in [6.07, 6.45) is 0.331. The molecule has 0 aliphatic rings. The minimum absolute atomic E-state index is 0.187. The van der Waals surface area contributed by atoms with E-state index in [1.165, 1.54) is 6.07 Å². The van der Waals surface area contributed by atoms with Crippen LogP contribution in [0.3, 0.4) is 0 Å². The predicted octanol–water partition coefficient (Wildman–Crippen LogP) is 4.21. The van der Waals surface area contributed by atoms with Gasteiger partial charge in [-0.3, -0.25) is 0 Å². The van der Waals surface area contributed by atoms with Crippen LogP contribution < -0.4 is 5.32 Å². The Morgan fingerprint density at radius 3 is 2.68 bits per heavy atom. The minimum atomic E-state index is -0.438. The molecule has 0 aliphatic heterocycles. The van der Waals surface area contributed by atoms with Crippen molar-refractivity contribution in [2.24, 2.45) is 0 Å². The Morgan fingerprint density at radius 2 is 2.05 bits per heavy atom. The van der Waals surface area contributed by atoms with Crippen molar-refractivity contribution in [2.75, 3.05) is 6.54 Å². The van der Waals surface area contributed by atoms with Gasteiger partial charge in [0.25, 0.3) is 0 Å². The van der Waals surface area contributed by atoms with E-state index in [0.29, 0.717) is 29.0 Å². The number of hydrogen-bond donors (Lipinski definition) is 1. The third-order valence-electron chi connectivity index (χ3n) is 2.82. The van der Waals surface area contributed by atoms with E-state index in [1.54, 1.807) is 6.07 Å². The lowest BCUT2D eigenvalue weighted by Crippen LogP contribution is -2.23. The average molecular weight is 330 g/mol. The SMILES string of the molecule is CCNC(Cc1cc(F)ccc1F)c1ccc(Br)o1. The lowest BCUT2D eigenvalue weighted by molar-refractivity contribution is 0.401. The first-order chi connectivity index (χ1) is 9.10. The molecule has 5 heteroatoms. The number of hydrogen-bond acceptors (Lipinski definition) is 2. The zero-order valence-corrected chi connectivity index (χ0v) is 12.0. The molecular weight excluding hydrogens is 316 g/mol. The molecule has 0 saturated heterocycles. The molecule has 0 aliphatic carbocycles. The molecule has 2 nitrogen and oxygen atoms in total. The highest BCUT2D eigenvalue weighted by Gasteiger charge is 2.17. The summed E-state index contributed by atoms with van der Waals surface area (Å²) < 4.78 is 32.9. The molecule has 1 heterocycles. The van der Waals surface area contributed by atoms with Crippen LogP contribution in [0.4, 0.5) is 8.78 Å². The Hall–Kier alpha value is -1.20. The maximum Gasteiger partial charge on any atom is 0.169 e. The summed E-state index contributed by atoms with van der Waals surface area (Å²) in [4.78, 5) is 0. The van der Waals surface area contributed by atoms with Crippen molar-refractivity contribution < 1.29 is 13.2 Å². The molecule has 0 fully saturated rings. The van der Waals surface area contributed by atoms with Gasteiger partial charge in [0, 0.05) is 0 Å². The van der Waals surface area contributed by atoms with Gasteiger partial charge in [0.15, 0.2) is 4.67 Å². The Balaban J connectivity index is 2.23. The summed E-state index contributed by atoms with van der Waals surface area (Å²) in [6, 6.07) is 6.89. The quantitative estimate of drug-likeness (QED) is 0.888. The zero-order chi connectivity index (χ0) is 13.8. The van der Waals surface area contributed by atoms with Gasteiger partial charge in [0.1, 0.15) is 17.4 Å². The van der Waals surface area contributed by atoms with Crippen LogP contribution in [-0.4, -0.2) is 6.54 Å². The topological polar surface area (TPSA) is 25.2 Å². The van der Waals surface area contributed by atoms with E-state index in [1.807, 2.05) is 13.0 Å². The maximum atomic E-state index is 13.7. The summed E-state index contributed by atoms with van der Waals surface area (Å²) >= 11 is 3.23. The third kappa shape index (κ3) is 3.64. The number of furan rings is 1. The molecule has 0 spiro atoms. The molecule has 1 atom stereocenters. The zero-order valence-electron chi connectivity index (χ0n) is 10.4. The van der Waals surface area contributed by atoms with Crippen LogP contribution in [0.1, 0.15) is 24.3 Å². The highest BCUT2D eigenvalue weighted by atomic mass is 79.9. The van der Waals surface area contributed by atoms with Crippen LogP contribution in [0, 0.1) is 11.6 Å². The van der Waals surface area contributed by atoms with Gasteiger partial charge in [-0.2, -0.15) is 0 Å². The lowest BCUT2D eigenvalue weighted by atomic mass is 10.0. The van der Waals surface area contributed by atoms with Gasteiger partial charge < -0.3 is 9.73 Å². The normalized spacial score (nSPS) is 12.6. The standard InChI is InChI=1S/C14H14BrF2NO/c1-2-18-12(13-5-6-14(15)19-13)8-9-7-10(16)3-4-11(9)17/h3-7,12,18H,2,8H2,1H3. The van der Waals surface area contributed by atoms with Crippen molar-refractivity contribution in [1.82, 2.24) is 5.32 Å². The van der Waals surface area contributed by atoms with Gasteiger partial charge in [0.05, 0.1) is 6.04 Å². The molecule has 102 valence electrons. The van der Waals surface area contributed by atoms with Gasteiger partial charge in [-0.25, -0.2) is 8.78 Å². The second-order valence-electron chi connectivity index (χ2n) is 4.19. The molecule has 0 bridgehead atoms. The Bertz CT molecular complexity index is 556. The second-order valence-corrected chi connectivity index (χ2v) is 4.97. The number of rotatable bonds is 5. The Kier molecular flexibility index (Phi) is 4.71. The van der Waals surface area contributed by atoms with Gasteiger partial charge in [-0.1, -0.05) is 6.92 Å². The van der Waals surface area contributed by atoms with Crippen molar-refractivity contribution in [3.05, 3.63) is 58.0 Å². The van der Waals surface area contributed by atoms with E-state index in [0.717, 1.165) is 12.1 Å². The fraction of sp³-hybridized carbons (Fsp3) is 0.286. The van der Waals surface area contributed by atoms with E-state index in [2.05, 4.69) is 21.2 Å². The summed E-state index contributed by atoms with van der Waals surface area (Å²) in [5.41, 5.74) is 0.332. The molecular formula is C14H14BrF2NO. The second kappa shape index (κ2) is 6.30.